The molecule has 0 saturated carbocycles. The molecule has 1 saturated heterocycles. The van der Waals surface area contributed by atoms with Crippen LogP contribution in [0.3, 0.4) is 0 Å². The molecule has 4 heteroatoms. The first-order chi connectivity index (χ1) is 8.22. The lowest BCUT2D eigenvalue weighted by molar-refractivity contribution is -0.145. The van der Waals surface area contributed by atoms with Gasteiger partial charge in [0.1, 0.15) is 0 Å². The molecule has 1 aliphatic heterocycles. The number of rotatable bonds is 8. The molecule has 0 aromatic rings. The van der Waals surface area contributed by atoms with Crippen molar-refractivity contribution in [1.29, 1.82) is 0 Å². The zero-order valence-corrected chi connectivity index (χ0v) is 11.4. The number of nitrogens with one attached hydrogen (secondary N) is 1. The lowest BCUT2D eigenvalue weighted by atomic mass is 10.0. The van der Waals surface area contributed by atoms with E-state index < -0.39 is 0 Å². The van der Waals surface area contributed by atoms with Crippen molar-refractivity contribution in [3.63, 3.8) is 0 Å². The number of amides is 1. The van der Waals surface area contributed by atoms with E-state index in [1.807, 2.05) is 11.9 Å². The predicted molar refractivity (Wildman–Crippen MR) is 69.0 cm³/mol. The van der Waals surface area contributed by atoms with Crippen molar-refractivity contribution in [2.24, 2.45) is 0 Å². The molecule has 0 aliphatic carbocycles. The SMILES string of the molecule is CCCCCCC(NC)C(=O)N1CC(OC)C1. The second kappa shape index (κ2) is 7.67. The van der Waals surface area contributed by atoms with E-state index in [0.29, 0.717) is 0 Å². The van der Waals surface area contributed by atoms with Crippen LogP contribution in [0.25, 0.3) is 0 Å². The van der Waals surface area contributed by atoms with Gasteiger partial charge in [0.25, 0.3) is 0 Å². The summed E-state index contributed by atoms with van der Waals surface area (Å²) in [6.45, 7) is 3.70. The molecule has 1 fully saturated rings. The predicted octanol–water partition coefficient (Wildman–Crippen LogP) is 1.40. The number of likely N-dealkylation sites (tertiary alicyclic amines) is 1. The Bertz CT molecular complexity index is 227. The maximum atomic E-state index is 12.1. The highest BCUT2D eigenvalue weighted by Crippen LogP contribution is 2.14. The fourth-order valence-corrected chi connectivity index (χ4v) is 2.15. The fourth-order valence-electron chi connectivity index (χ4n) is 2.15. The number of hydrogen-bond acceptors (Lipinski definition) is 3. The molecule has 0 aromatic heterocycles. The molecule has 0 spiro atoms. The average molecular weight is 242 g/mol. The number of nitrogens with zero attached hydrogens (tertiary/aromatic N) is 1. The first kappa shape index (κ1) is 14.5. The quantitative estimate of drug-likeness (QED) is 0.654. The van der Waals surface area contributed by atoms with Crippen LogP contribution in [0, 0.1) is 0 Å². The van der Waals surface area contributed by atoms with Crippen molar-refractivity contribution in [2.45, 2.75) is 51.2 Å². The second-order valence-corrected chi connectivity index (χ2v) is 4.79. The van der Waals surface area contributed by atoms with Crippen molar-refractivity contribution < 1.29 is 9.53 Å². The Morgan fingerprint density at radius 1 is 1.41 bits per heavy atom. The van der Waals surface area contributed by atoms with Gasteiger partial charge in [0.15, 0.2) is 0 Å². The summed E-state index contributed by atoms with van der Waals surface area (Å²) in [4.78, 5) is 14.0. The van der Waals surface area contributed by atoms with Crippen molar-refractivity contribution in [3.05, 3.63) is 0 Å². The maximum absolute atomic E-state index is 12.1. The van der Waals surface area contributed by atoms with Crippen LogP contribution >= 0.6 is 0 Å². The molecule has 0 bridgehead atoms. The van der Waals surface area contributed by atoms with Crippen LogP contribution in [0.15, 0.2) is 0 Å². The van der Waals surface area contributed by atoms with Crippen LogP contribution in [0.4, 0.5) is 0 Å². The van der Waals surface area contributed by atoms with E-state index in [0.717, 1.165) is 25.9 Å². The molecule has 0 aromatic carbocycles. The normalized spacial score (nSPS) is 17.9. The first-order valence-corrected chi connectivity index (χ1v) is 6.71. The van der Waals surface area contributed by atoms with Crippen LogP contribution in [0.5, 0.6) is 0 Å². The summed E-state index contributed by atoms with van der Waals surface area (Å²) < 4.78 is 5.18. The molecule has 4 nitrogen and oxygen atoms in total. The van der Waals surface area contributed by atoms with Gasteiger partial charge in [0, 0.05) is 20.2 Å². The Kier molecular flexibility index (Phi) is 6.52. The second-order valence-electron chi connectivity index (χ2n) is 4.79. The monoisotopic (exact) mass is 242 g/mol. The van der Waals surface area contributed by atoms with Gasteiger partial charge >= 0.3 is 0 Å². The van der Waals surface area contributed by atoms with E-state index in [1.54, 1.807) is 7.11 Å². The van der Waals surface area contributed by atoms with Crippen molar-refractivity contribution in [1.82, 2.24) is 10.2 Å². The number of likely N-dealkylation sites (N-methyl/N-ethyl adjacent to an activating group) is 1. The van der Waals surface area contributed by atoms with Crippen molar-refractivity contribution in [2.75, 3.05) is 27.2 Å². The topological polar surface area (TPSA) is 41.6 Å². The summed E-state index contributed by atoms with van der Waals surface area (Å²) >= 11 is 0. The summed E-state index contributed by atoms with van der Waals surface area (Å²) in [7, 11) is 3.57. The third-order valence-corrected chi connectivity index (χ3v) is 3.49. The zero-order chi connectivity index (χ0) is 12.7. The molecule has 1 aliphatic rings. The zero-order valence-electron chi connectivity index (χ0n) is 11.4. The number of unbranched alkanes of at least 4 members (excludes halogenated alkanes) is 3. The average Bonchev–Trinajstić information content (AvgIpc) is 2.27. The van der Waals surface area contributed by atoms with Gasteiger partial charge in [-0.3, -0.25) is 4.79 Å². The van der Waals surface area contributed by atoms with Gasteiger partial charge in [0.2, 0.25) is 5.91 Å². The molecule has 0 radical (unpaired) electrons. The number of carbonyl (C=O) groups excluding carboxylic acids is 1. The number of carbonyl (C=O) groups is 1. The van der Waals surface area contributed by atoms with Gasteiger partial charge < -0.3 is 15.0 Å². The molecule has 17 heavy (non-hydrogen) atoms. The summed E-state index contributed by atoms with van der Waals surface area (Å²) in [5.41, 5.74) is 0. The Morgan fingerprint density at radius 2 is 2.12 bits per heavy atom. The summed E-state index contributed by atoms with van der Waals surface area (Å²) in [6, 6.07) is -0.00957. The Morgan fingerprint density at radius 3 is 2.65 bits per heavy atom. The molecule has 1 rings (SSSR count). The molecule has 1 atom stereocenters. The molecule has 1 amide bonds. The van der Waals surface area contributed by atoms with Crippen molar-refractivity contribution in [3.8, 4) is 0 Å². The fraction of sp³-hybridized carbons (Fsp3) is 0.923. The lowest BCUT2D eigenvalue weighted by Crippen LogP contribution is -2.58. The minimum absolute atomic E-state index is 0.00957. The van der Waals surface area contributed by atoms with Gasteiger partial charge in [-0.15, -0.1) is 0 Å². The van der Waals surface area contributed by atoms with E-state index in [9.17, 15) is 4.79 Å². The molecule has 1 heterocycles. The summed E-state index contributed by atoms with van der Waals surface area (Å²) in [6.07, 6.45) is 6.05. The Balaban J connectivity index is 2.22. The Hall–Kier alpha value is -0.610. The highest BCUT2D eigenvalue weighted by Gasteiger charge is 2.33. The van der Waals surface area contributed by atoms with Gasteiger partial charge in [-0.25, -0.2) is 0 Å². The molecular weight excluding hydrogens is 216 g/mol. The largest absolute Gasteiger partial charge is 0.378 e. The van der Waals surface area contributed by atoms with Gasteiger partial charge in [0.05, 0.1) is 12.1 Å². The number of hydrogen-bond donors (Lipinski definition) is 1. The van der Waals surface area contributed by atoms with E-state index in [2.05, 4.69) is 12.2 Å². The van der Waals surface area contributed by atoms with Gasteiger partial charge in [-0.1, -0.05) is 32.6 Å². The number of methoxy groups -OCH3 is 1. The van der Waals surface area contributed by atoms with E-state index in [1.165, 1.54) is 19.3 Å². The smallest absolute Gasteiger partial charge is 0.239 e. The molecule has 100 valence electrons. The molecule has 1 unspecified atom stereocenters. The standard InChI is InChI=1S/C13H26N2O2/c1-4-5-6-7-8-12(14-2)13(16)15-9-11(10-15)17-3/h11-12,14H,4-10H2,1-3H3. The third-order valence-electron chi connectivity index (χ3n) is 3.49. The number of ether oxygens (including phenoxy) is 1. The van der Waals surface area contributed by atoms with Crippen LogP contribution in [0.2, 0.25) is 0 Å². The minimum atomic E-state index is -0.00957. The van der Waals surface area contributed by atoms with E-state index in [-0.39, 0.29) is 18.1 Å². The van der Waals surface area contributed by atoms with Gasteiger partial charge in [-0.05, 0) is 13.5 Å². The first-order valence-electron chi connectivity index (χ1n) is 6.71. The highest BCUT2D eigenvalue weighted by molar-refractivity contribution is 5.82. The molecular formula is C13H26N2O2. The van der Waals surface area contributed by atoms with Gasteiger partial charge in [-0.2, -0.15) is 0 Å². The van der Waals surface area contributed by atoms with E-state index in [4.69, 9.17) is 4.74 Å². The Labute approximate surface area is 105 Å². The third kappa shape index (κ3) is 4.28. The summed E-state index contributed by atoms with van der Waals surface area (Å²) in [5.74, 6) is 0.234. The van der Waals surface area contributed by atoms with Crippen LogP contribution < -0.4 is 5.32 Å². The highest BCUT2D eigenvalue weighted by atomic mass is 16.5. The van der Waals surface area contributed by atoms with E-state index >= 15 is 0 Å². The van der Waals surface area contributed by atoms with Crippen LogP contribution in [0.1, 0.15) is 39.0 Å². The van der Waals surface area contributed by atoms with Crippen LogP contribution in [-0.4, -0.2) is 50.2 Å². The lowest BCUT2D eigenvalue weighted by Gasteiger charge is -2.40. The summed E-state index contributed by atoms with van der Waals surface area (Å²) in [5, 5.41) is 3.13. The molecule has 1 N–H and O–H groups in total. The maximum Gasteiger partial charge on any atom is 0.239 e. The van der Waals surface area contributed by atoms with Crippen LogP contribution in [-0.2, 0) is 9.53 Å². The van der Waals surface area contributed by atoms with Crippen molar-refractivity contribution >= 4 is 5.91 Å². The minimum Gasteiger partial charge on any atom is -0.378 e.